The normalized spacial score (nSPS) is 34.5. The van der Waals surface area contributed by atoms with Crippen LogP contribution < -0.4 is 5.32 Å². The van der Waals surface area contributed by atoms with Crippen molar-refractivity contribution in [1.29, 1.82) is 0 Å². The van der Waals surface area contributed by atoms with Crippen molar-refractivity contribution in [2.24, 2.45) is 5.92 Å². The van der Waals surface area contributed by atoms with Gasteiger partial charge in [0.2, 0.25) is 0 Å². The summed E-state index contributed by atoms with van der Waals surface area (Å²) in [6.07, 6.45) is 4.83. The number of fused-ring (bicyclic) bond motifs is 2. The minimum Gasteiger partial charge on any atom is -0.375 e. The maximum Gasteiger partial charge on any atom is 0.0627 e. The van der Waals surface area contributed by atoms with Gasteiger partial charge < -0.3 is 10.1 Å². The SMILES string of the molecule is CNC(c1ccsc1C)C1CC2CCC1O2. The van der Waals surface area contributed by atoms with Gasteiger partial charge in [-0.15, -0.1) is 11.3 Å². The second kappa shape index (κ2) is 4.13. The van der Waals surface area contributed by atoms with Crippen LogP contribution in [0.3, 0.4) is 0 Å². The zero-order chi connectivity index (χ0) is 11.1. The molecule has 0 radical (unpaired) electrons. The van der Waals surface area contributed by atoms with Crippen molar-refractivity contribution in [3.8, 4) is 0 Å². The maximum absolute atomic E-state index is 5.97. The molecule has 2 aliphatic heterocycles. The standard InChI is InChI=1S/C13H19NOS/c1-8-10(5-6-16-8)13(14-2)11-7-9-3-4-12(11)15-9/h5-6,9,11-14H,3-4,7H2,1-2H3. The van der Waals surface area contributed by atoms with E-state index in [-0.39, 0.29) is 0 Å². The Hall–Kier alpha value is -0.380. The van der Waals surface area contributed by atoms with Crippen LogP contribution in [0.5, 0.6) is 0 Å². The van der Waals surface area contributed by atoms with E-state index >= 15 is 0 Å². The number of thiophene rings is 1. The molecule has 0 amide bonds. The molecule has 2 nitrogen and oxygen atoms in total. The van der Waals surface area contributed by atoms with E-state index in [1.54, 1.807) is 0 Å². The number of ether oxygens (including phenoxy) is 1. The van der Waals surface area contributed by atoms with E-state index in [1.807, 2.05) is 11.3 Å². The molecule has 2 bridgehead atoms. The third-order valence-electron chi connectivity index (χ3n) is 4.13. The van der Waals surface area contributed by atoms with Gasteiger partial charge in [0, 0.05) is 16.8 Å². The van der Waals surface area contributed by atoms with Crippen LogP contribution >= 0.6 is 11.3 Å². The first kappa shape index (κ1) is 10.8. The molecule has 1 N–H and O–H groups in total. The smallest absolute Gasteiger partial charge is 0.0627 e. The van der Waals surface area contributed by atoms with Crippen LogP contribution in [0.1, 0.15) is 35.7 Å². The first-order valence-corrected chi connectivity index (χ1v) is 7.04. The van der Waals surface area contributed by atoms with Crippen molar-refractivity contribution >= 4 is 11.3 Å². The highest BCUT2D eigenvalue weighted by Crippen LogP contribution is 2.45. The Bertz CT molecular complexity index is 376. The number of aryl methyl sites for hydroxylation is 1. The monoisotopic (exact) mass is 237 g/mol. The Labute approximate surface area is 101 Å². The van der Waals surface area contributed by atoms with Gasteiger partial charge in [-0.25, -0.2) is 0 Å². The van der Waals surface area contributed by atoms with Crippen LogP contribution in [-0.2, 0) is 4.74 Å². The minimum absolute atomic E-state index is 0.488. The molecule has 2 saturated heterocycles. The highest BCUT2D eigenvalue weighted by atomic mass is 32.1. The lowest BCUT2D eigenvalue weighted by molar-refractivity contribution is 0.0863. The molecule has 3 heterocycles. The summed E-state index contributed by atoms with van der Waals surface area (Å²) in [5.74, 6) is 0.678. The minimum atomic E-state index is 0.488. The van der Waals surface area contributed by atoms with Crippen molar-refractivity contribution < 1.29 is 4.74 Å². The summed E-state index contributed by atoms with van der Waals surface area (Å²) in [4.78, 5) is 1.45. The van der Waals surface area contributed by atoms with E-state index in [2.05, 4.69) is 30.7 Å². The Balaban J connectivity index is 1.84. The first-order chi connectivity index (χ1) is 7.79. The molecule has 4 unspecified atom stereocenters. The highest BCUT2D eigenvalue weighted by molar-refractivity contribution is 7.10. The van der Waals surface area contributed by atoms with E-state index < -0.39 is 0 Å². The Morgan fingerprint density at radius 2 is 2.38 bits per heavy atom. The molecule has 1 aromatic heterocycles. The van der Waals surface area contributed by atoms with Gasteiger partial charge in [-0.05, 0) is 50.2 Å². The summed E-state index contributed by atoms with van der Waals surface area (Å²) >= 11 is 1.85. The second-order valence-electron chi connectivity index (χ2n) is 4.97. The van der Waals surface area contributed by atoms with Crippen LogP contribution in [-0.4, -0.2) is 19.3 Å². The molecular weight excluding hydrogens is 218 g/mol. The summed E-state index contributed by atoms with van der Waals surface area (Å²) in [5.41, 5.74) is 1.48. The Kier molecular flexibility index (Phi) is 2.78. The van der Waals surface area contributed by atoms with Crippen molar-refractivity contribution in [3.05, 3.63) is 21.9 Å². The predicted octanol–water partition coefficient (Wildman–Crippen LogP) is 2.88. The summed E-state index contributed by atoms with van der Waals surface area (Å²) in [7, 11) is 2.08. The molecule has 3 rings (SSSR count). The quantitative estimate of drug-likeness (QED) is 0.873. The number of hydrogen-bond donors (Lipinski definition) is 1. The Morgan fingerprint density at radius 1 is 1.50 bits per heavy atom. The molecule has 2 fully saturated rings. The van der Waals surface area contributed by atoms with Crippen LogP contribution in [0.15, 0.2) is 11.4 Å². The van der Waals surface area contributed by atoms with Gasteiger partial charge >= 0.3 is 0 Å². The summed E-state index contributed by atoms with van der Waals surface area (Å²) in [6.45, 7) is 2.22. The topological polar surface area (TPSA) is 21.3 Å². The molecule has 2 aliphatic rings. The summed E-state index contributed by atoms with van der Waals surface area (Å²) in [5, 5.41) is 5.70. The molecule has 4 atom stereocenters. The van der Waals surface area contributed by atoms with E-state index in [1.165, 1.54) is 29.7 Å². The fraction of sp³-hybridized carbons (Fsp3) is 0.692. The molecule has 0 aromatic carbocycles. The van der Waals surface area contributed by atoms with E-state index in [0.717, 1.165) is 0 Å². The lowest BCUT2D eigenvalue weighted by atomic mass is 9.81. The molecule has 0 saturated carbocycles. The van der Waals surface area contributed by atoms with Gasteiger partial charge in [-0.3, -0.25) is 0 Å². The Morgan fingerprint density at radius 3 is 2.88 bits per heavy atom. The third kappa shape index (κ3) is 1.62. The lowest BCUT2D eigenvalue weighted by Gasteiger charge is -2.28. The van der Waals surface area contributed by atoms with Crippen LogP contribution in [0, 0.1) is 12.8 Å². The van der Waals surface area contributed by atoms with Gasteiger partial charge in [0.05, 0.1) is 12.2 Å². The van der Waals surface area contributed by atoms with Crippen molar-refractivity contribution in [3.63, 3.8) is 0 Å². The fourth-order valence-electron chi connectivity index (χ4n) is 3.35. The van der Waals surface area contributed by atoms with Crippen molar-refractivity contribution in [2.75, 3.05) is 7.05 Å². The molecule has 88 valence electrons. The second-order valence-corrected chi connectivity index (χ2v) is 6.09. The van der Waals surface area contributed by atoms with E-state index in [9.17, 15) is 0 Å². The fourth-order valence-corrected chi connectivity index (χ4v) is 4.10. The van der Waals surface area contributed by atoms with Gasteiger partial charge in [-0.1, -0.05) is 0 Å². The van der Waals surface area contributed by atoms with Crippen molar-refractivity contribution in [2.45, 2.75) is 44.4 Å². The predicted molar refractivity (Wildman–Crippen MR) is 66.9 cm³/mol. The molecule has 3 heteroatoms. The van der Waals surface area contributed by atoms with Crippen LogP contribution in [0.2, 0.25) is 0 Å². The molecule has 16 heavy (non-hydrogen) atoms. The summed E-state index contributed by atoms with van der Waals surface area (Å²) < 4.78 is 5.97. The van der Waals surface area contributed by atoms with Gasteiger partial charge in [0.25, 0.3) is 0 Å². The third-order valence-corrected chi connectivity index (χ3v) is 4.99. The van der Waals surface area contributed by atoms with E-state index in [4.69, 9.17) is 4.74 Å². The zero-order valence-corrected chi connectivity index (χ0v) is 10.7. The number of nitrogens with one attached hydrogen (secondary N) is 1. The molecule has 1 aromatic rings. The van der Waals surface area contributed by atoms with E-state index in [0.29, 0.717) is 24.2 Å². The average molecular weight is 237 g/mol. The number of hydrogen-bond acceptors (Lipinski definition) is 3. The molecular formula is C13H19NOS. The largest absolute Gasteiger partial charge is 0.375 e. The maximum atomic E-state index is 5.97. The van der Waals surface area contributed by atoms with Gasteiger partial charge in [0.15, 0.2) is 0 Å². The van der Waals surface area contributed by atoms with Crippen LogP contribution in [0.4, 0.5) is 0 Å². The molecule has 0 aliphatic carbocycles. The summed E-state index contributed by atoms with van der Waals surface area (Å²) in [6, 6.07) is 2.76. The zero-order valence-electron chi connectivity index (χ0n) is 9.90. The van der Waals surface area contributed by atoms with Gasteiger partial charge in [0.1, 0.15) is 0 Å². The van der Waals surface area contributed by atoms with Crippen LogP contribution in [0.25, 0.3) is 0 Å². The van der Waals surface area contributed by atoms with Gasteiger partial charge in [-0.2, -0.15) is 0 Å². The highest BCUT2D eigenvalue weighted by Gasteiger charge is 2.44. The number of rotatable bonds is 3. The van der Waals surface area contributed by atoms with Crippen molar-refractivity contribution in [1.82, 2.24) is 5.32 Å². The molecule has 0 spiro atoms. The lowest BCUT2D eigenvalue weighted by Crippen LogP contribution is -2.31. The first-order valence-electron chi connectivity index (χ1n) is 6.16. The average Bonchev–Trinajstić information content (AvgIpc) is 2.97.